The van der Waals surface area contributed by atoms with E-state index in [0.29, 0.717) is 5.02 Å². The highest BCUT2D eigenvalue weighted by molar-refractivity contribution is 6.30. The number of amides is 1. The van der Waals surface area contributed by atoms with E-state index in [-0.39, 0.29) is 23.2 Å². The van der Waals surface area contributed by atoms with Crippen LogP contribution in [0, 0.1) is 0 Å². The van der Waals surface area contributed by atoms with Gasteiger partial charge >= 0.3 is 0 Å². The van der Waals surface area contributed by atoms with Crippen LogP contribution in [0.4, 0.5) is 0 Å². The smallest absolute Gasteiger partial charge is 0.272 e. The van der Waals surface area contributed by atoms with E-state index in [1.54, 1.807) is 12.1 Å². The van der Waals surface area contributed by atoms with Crippen LogP contribution in [0.3, 0.4) is 0 Å². The molecule has 1 amide bonds. The molecule has 2 N–H and O–H groups in total. The number of hydrogen-bond acceptors (Lipinski definition) is 3. The zero-order valence-electron chi connectivity index (χ0n) is 10.2. The van der Waals surface area contributed by atoms with Gasteiger partial charge in [-0.2, -0.15) is 5.10 Å². The maximum absolute atomic E-state index is 11.9. The van der Waals surface area contributed by atoms with Gasteiger partial charge in [-0.3, -0.25) is 9.59 Å². The van der Waals surface area contributed by atoms with E-state index in [0.717, 1.165) is 5.56 Å². The quantitative estimate of drug-likeness (QED) is 0.900. The molecule has 2 rings (SSSR count). The Morgan fingerprint density at radius 2 is 1.95 bits per heavy atom. The number of H-pyrrole nitrogens is 1. The monoisotopic (exact) mass is 277 g/mol. The van der Waals surface area contributed by atoms with E-state index < -0.39 is 0 Å². The molecule has 1 aromatic carbocycles. The normalized spacial score (nSPS) is 11.9. The summed E-state index contributed by atoms with van der Waals surface area (Å²) in [6, 6.07) is 9.66. The van der Waals surface area contributed by atoms with Crippen molar-refractivity contribution in [3.8, 4) is 0 Å². The Bertz CT molecular complexity index is 617. The van der Waals surface area contributed by atoms with Crippen LogP contribution in [0.2, 0.25) is 5.02 Å². The third kappa shape index (κ3) is 3.42. The van der Waals surface area contributed by atoms with Crippen molar-refractivity contribution in [2.24, 2.45) is 0 Å². The second-order valence-electron chi connectivity index (χ2n) is 4.05. The molecule has 6 heteroatoms. The highest BCUT2D eigenvalue weighted by Crippen LogP contribution is 2.16. The molecular weight excluding hydrogens is 266 g/mol. The molecule has 2 aromatic rings. The summed E-state index contributed by atoms with van der Waals surface area (Å²) in [5.74, 6) is -0.348. The number of nitrogens with zero attached hydrogens (tertiary/aromatic N) is 1. The van der Waals surface area contributed by atoms with E-state index >= 15 is 0 Å². The molecule has 1 unspecified atom stereocenters. The summed E-state index contributed by atoms with van der Waals surface area (Å²) in [7, 11) is 0. The molecule has 0 aliphatic carbocycles. The molecule has 0 aliphatic heterocycles. The minimum atomic E-state index is -0.348. The van der Waals surface area contributed by atoms with Crippen LogP contribution in [0.15, 0.2) is 41.2 Å². The van der Waals surface area contributed by atoms with Crippen LogP contribution in [0.25, 0.3) is 0 Å². The number of rotatable bonds is 3. The SMILES string of the molecule is CC(NC(=O)c1ccc(=O)[nH]n1)c1ccc(Cl)cc1. The van der Waals surface area contributed by atoms with Gasteiger partial charge in [0.2, 0.25) is 0 Å². The van der Waals surface area contributed by atoms with Gasteiger partial charge in [0.1, 0.15) is 5.69 Å². The highest BCUT2D eigenvalue weighted by Gasteiger charge is 2.12. The Hall–Kier alpha value is -2.14. The van der Waals surface area contributed by atoms with Crippen LogP contribution >= 0.6 is 11.6 Å². The van der Waals surface area contributed by atoms with Gasteiger partial charge in [0, 0.05) is 11.1 Å². The lowest BCUT2D eigenvalue weighted by molar-refractivity contribution is 0.0933. The largest absolute Gasteiger partial charge is 0.344 e. The van der Waals surface area contributed by atoms with Crippen LogP contribution < -0.4 is 10.9 Å². The first-order valence-corrected chi connectivity index (χ1v) is 6.06. The lowest BCUT2D eigenvalue weighted by atomic mass is 10.1. The molecule has 0 bridgehead atoms. The van der Waals surface area contributed by atoms with Crippen molar-refractivity contribution in [3.05, 3.63) is 63.0 Å². The van der Waals surface area contributed by atoms with Crippen molar-refractivity contribution in [2.45, 2.75) is 13.0 Å². The number of hydrogen-bond donors (Lipinski definition) is 2. The van der Waals surface area contributed by atoms with Gasteiger partial charge in [-0.1, -0.05) is 23.7 Å². The third-order valence-corrected chi connectivity index (χ3v) is 2.88. The van der Waals surface area contributed by atoms with Crippen molar-refractivity contribution in [1.29, 1.82) is 0 Å². The van der Waals surface area contributed by atoms with E-state index in [2.05, 4.69) is 15.5 Å². The minimum absolute atomic E-state index is 0.167. The first kappa shape index (κ1) is 13.3. The minimum Gasteiger partial charge on any atom is -0.344 e. The predicted octanol–water partition coefficient (Wildman–Crippen LogP) is 1.91. The number of carbonyl (C=O) groups is 1. The van der Waals surface area contributed by atoms with Gasteiger partial charge in [-0.15, -0.1) is 0 Å². The Morgan fingerprint density at radius 1 is 1.26 bits per heavy atom. The van der Waals surface area contributed by atoms with Crippen molar-refractivity contribution in [2.75, 3.05) is 0 Å². The van der Waals surface area contributed by atoms with Crippen LogP contribution in [0.1, 0.15) is 29.0 Å². The van der Waals surface area contributed by atoms with Gasteiger partial charge < -0.3 is 5.32 Å². The average Bonchev–Trinajstić information content (AvgIpc) is 2.40. The Morgan fingerprint density at radius 3 is 2.53 bits per heavy atom. The zero-order valence-corrected chi connectivity index (χ0v) is 10.9. The second kappa shape index (κ2) is 5.67. The summed E-state index contributed by atoms with van der Waals surface area (Å²) in [6.45, 7) is 1.85. The number of aromatic amines is 1. The molecule has 1 atom stereocenters. The van der Waals surface area contributed by atoms with Crippen molar-refractivity contribution in [1.82, 2.24) is 15.5 Å². The Kier molecular flexibility index (Phi) is 3.97. The molecule has 0 saturated carbocycles. The van der Waals surface area contributed by atoms with Crippen LogP contribution in [-0.4, -0.2) is 16.1 Å². The lowest BCUT2D eigenvalue weighted by Crippen LogP contribution is -2.28. The summed E-state index contributed by atoms with van der Waals surface area (Å²) in [4.78, 5) is 22.7. The molecule has 1 aromatic heterocycles. The molecular formula is C13H12ClN3O2. The van der Waals surface area contributed by atoms with Crippen LogP contribution in [-0.2, 0) is 0 Å². The topological polar surface area (TPSA) is 74.8 Å². The maximum Gasteiger partial charge on any atom is 0.272 e. The Labute approximate surface area is 114 Å². The highest BCUT2D eigenvalue weighted by atomic mass is 35.5. The fraction of sp³-hybridized carbons (Fsp3) is 0.154. The molecule has 98 valence electrons. The zero-order chi connectivity index (χ0) is 13.8. The Balaban J connectivity index is 2.08. The van der Waals surface area contributed by atoms with Crippen molar-refractivity contribution >= 4 is 17.5 Å². The maximum atomic E-state index is 11.9. The van der Waals surface area contributed by atoms with E-state index in [4.69, 9.17) is 11.6 Å². The van der Waals surface area contributed by atoms with E-state index in [1.165, 1.54) is 12.1 Å². The van der Waals surface area contributed by atoms with Gasteiger partial charge in [0.15, 0.2) is 0 Å². The van der Waals surface area contributed by atoms with Gasteiger partial charge in [-0.25, -0.2) is 5.10 Å². The number of aromatic nitrogens is 2. The van der Waals surface area contributed by atoms with Crippen molar-refractivity contribution < 1.29 is 4.79 Å². The summed E-state index contributed by atoms with van der Waals surface area (Å²) < 4.78 is 0. The first-order chi connectivity index (χ1) is 9.06. The average molecular weight is 278 g/mol. The van der Waals surface area contributed by atoms with Gasteiger partial charge in [0.25, 0.3) is 11.5 Å². The number of nitrogens with one attached hydrogen (secondary N) is 2. The fourth-order valence-electron chi connectivity index (χ4n) is 1.58. The van der Waals surface area contributed by atoms with E-state index in [1.807, 2.05) is 19.1 Å². The van der Waals surface area contributed by atoms with Crippen LogP contribution in [0.5, 0.6) is 0 Å². The number of benzene rings is 1. The lowest BCUT2D eigenvalue weighted by Gasteiger charge is -2.13. The predicted molar refractivity (Wildman–Crippen MR) is 72.2 cm³/mol. The van der Waals surface area contributed by atoms with Gasteiger partial charge in [0.05, 0.1) is 6.04 Å². The molecule has 0 aliphatic rings. The summed E-state index contributed by atoms with van der Waals surface area (Å²) in [6.07, 6.45) is 0. The summed E-state index contributed by atoms with van der Waals surface area (Å²) in [5.41, 5.74) is 0.755. The summed E-state index contributed by atoms with van der Waals surface area (Å²) >= 11 is 5.80. The molecule has 0 saturated heterocycles. The number of halogens is 1. The molecule has 1 heterocycles. The first-order valence-electron chi connectivity index (χ1n) is 5.68. The fourth-order valence-corrected chi connectivity index (χ4v) is 1.70. The van der Waals surface area contributed by atoms with E-state index in [9.17, 15) is 9.59 Å². The molecule has 19 heavy (non-hydrogen) atoms. The molecule has 0 radical (unpaired) electrons. The third-order valence-electron chi connectivity index (χ3n) is 2.63. The molecule has 0 spiro atoms. The van der Waals surface area contributed by atoms with Gasteiger partial charge in [-0.05, 0) is 30.7 Å². The molecule has 5 nitrogen and oxygen atoms in total. The second-order valence-corrected chi connectivity index (χ2v) is 4.49. The van der Waals surface area contributed by atoms with Crippen molar-refractivity contribution in [3.63, 3.8) is 0 Å². The summed E-state index contributed by atoms with van der Waals surface area (Å²) in [5, 5.41) is 9.31. The number of carbonyl (C=O) groups excluding carboxylic acids is 1. The standard InChI is InChI=1S/C13H12ClN3O2/c1-8(9-2-4-10(14)5-3-9)15-13(19)11-6-7-12(18)17-16-11/h2-8H,1H3,(H,15,19)(H,17,18). The molecule has 0 fully saturated rings.